The summed E-state index contributed by atoms with van der Waals surface area (Å²) in [6, 6.07) is -4.37. The van der Waals surface area contributed by atoms with Gasteiger partial charge < -0.3 is 42.6 Å². The lowest BCUT2D eigenvalue weighted by molar-refractivity contribution is -0.148. The number of ether oxygens (including phenoxy) is 1. The second kappa shape index (κ2) is 17.9. The van der Waals surface area contributed by atoms with Gasteiger partial charge in [0.15, 0.2) is 5.96 Å². The number of aliphatic imine (C=N–C) groups is 1. The first-order valence-electron chi connectivity index (χ1n) is 12.7. The molecule has 0 fully saturated rings. The van der Waals surface area contributed by atoms with E-state index in [1.165, 1.54) is 6.92 Å². The van der Waals surface area contributed by atoms with E-state index in [2.05, 4.69) is 26.3 Å². The summed E-state index contributed by atoms with van der Waals surface area (Å²) in [5, 5.41) is 19.8. The molecule has 0 spiro atoms. The molecular formula is C24H45N7O7. The lowest BCUT2D eigenvalue weighted by Gasteiger charge is -2.27. The molecule has 0 aromatic rings. The molecule has 0 unspecified atom stereocenters. The van der Waals surface area contributed by atoms with Gasteiger partial charge in [-0.2, -0.15) is 0 Å². The fourth-order valence-electron chi connectivity index (χ4n) is 3.46. The topological polar surface area (TPSA) is 227 Å². The van der Waals surface area contributed by atoms with Crippen LogP contribution in [0.4, 0.5) is 0 Å². The minimum atomic E-state index is -1.40. The zero-order chi connectivity index (χ0) is 29.4. The van der Waals surface area contributed by atoms with Gasteiger partial charge in [0.05, 0.1) is 13.2 Å². The predicted octanol–water partition coefficient (Wildman–Crippen LogP) is -1.74. The van der Waals surface area contributed by atoms with Crippen molar-refractivity contribution in [3.63, 3.8) is 0 Å². The zero-order valence-electron chi connectivity index (χ0n) is 23.2. The SMILES string of the molecule is CCOC(=O)[C@H](CC(C)C)NC(=O)[C@@H](NC(=O)[C@H](CO)NC(=O)[C@H](CCCN=C(N)N)NC(C)=O)C(C)C. The van der Waals surface area contributed by atoms with E-state index in [0.717, 1.165) is 0 Å². The molecule has 14 nitrogen and oxygen atoms in total. The third kappa shape index (κ3) is 13.8. The molecule has 0 aliphatic heterocycles. The van der Waals surface area contributed by atoms with Crippen molar-refractivity contribution in [2.45, 2.75) is 85.0 Å². The van der Waals surface area contributed by atoms with Crippen LogP contribution in [0.3, 0.4) is 0 Å². The summed E-state index contributed by atoms with van der Waals surface area (Å²) in [4.78, 5) is 66.4. The number of hydrogen-bond acceptors (Lipinski definition) is 8. The number of nitrogens with two attached hydrogens (primary N) is 2. The van der Waals surface area contributed by atoms with Crippen LogP contribution in [0, 0.1) is 11.8 Å². The van der Waals surface area contributed by atoms with Crippen molar-refractivity contribution in [1.29, 1.82) is 0 Å². The van der Waals surface area contributed by atoms with Crippen LogP contribution >= 0.6 is 0 Å². The molecule has 0 saturated heterocycles. The smallest absolute Gasteiger partial charge is 0.328 e. The maximum atomic E-state index is 13.0. The molecule has 0 heterocycles. The number of amides is 4. The Morgan fingerprint density at radius 3 is 1.92 bits per heavy atom. The summed E-state index contributed by atoms with van der Waals surface area (Å²) in [5.74, 6) is -3.58. The fraction of sp³-hybridized carbons (Fsp3) is 0.750. The van der Waals surface area contributed by atoms with Gasteiger partial charge in [-0.25, -0.2) is 4.79 Å². The van der Waals surface area contributed by atoms with Crippen LogP contribution in [0.15, 0.2) is 4.99 Å². The number of hydrogen-bond donors (Lipinski definition) is 7. The summed E-state index contributed by atoms with van der Waals surface area (Å²) in [6.07, 6.45) is 0.871. The van der Waals surface area contributed by atoms with Crippen molar-refractivity contribution >= 4 is 35.6 Å². The second-order valence-electron chi connectivity index (χ2n) is 9.62. The van der Waals surface area contributed by atoms with Gasteiger partial charge in [-0.3, -0.25) is 24.2 Å². The average molecular weight is 544 g/mol. The van der Waals surface area contributed by atoms with Crippen LogP contribution in [0.1, 0.15) is 60.8 Å². The number of rotatable bonds is 17. The van der Waals surface area contributed by atoms with Gasteiger partial charge in [-0.15, -0.1) is 0 Å². The summed E-state index contributed by atoms with van der Waals surface area (Å²) >= 11 is 0. The molecule has 14 heteroatoms. The second-order valence-corrected chi connectivity index (χ2v) is 9.62. The van der Waals surface area contributed by atoms with Crippen molar-refractivity contribution in [2.75, 3.05) is 19.8 Å². The van der Waals surface area contributed by atoms with Crippen molar-refractivity contribution in [2.24, 2.45) is 28.3 Å². The van der Waals surface area contributed by atoms with E-state index in [0.29, 0.717) is 12.8 Å². The third-order valence-corrected chi connectivity index (χ3v) is 5.30. The predicted molar refractivity (Wildman–Crippen MR) is 141 cm³/mol. The molecule has 0 rings (SSSR count). The fourth-order valence-corrected chi connectivity index (χ4v) is 3.46. The molecule has 0 aromatic heterocycles. The summed E-state index contributed by atoms with van der Waals surface area (Å²) in [5.41, 5.74) is 10.6. The molecule has 9 N–H and O–H groups in total. The van der Waals surface area contributed by atoms with E-state index < -0.39 is 66.3 Å². The highest BCUT2D eigenvalue weighted by molar-refractivity contribution is 5.95. The summed E-state index contributed by atoms with van der Waals surface area (Å²) in [7, 11) is 0. The molecule has 0 aliphatic carbocycles. The molecule has 4 amide bonds. The molecule has 4 atom stereocenters. The molecular weight excluding hydrogens is 498 g/mol. The Kier molecular flexibility index (Phi) is 16.3. The van der Waals surface area contributed by atoms with Crippen LogP contribution in [-0.2, 0) is 28.7 Å². The number of aliphatic hydroxyl groups excluding tert-OH is 1. The van der Waals surface area contributed by atoms with Crippen molar-refractivity contribution in [3.8, 4) is 0 Å². The number of nitrogens with one attached hydrogen (secondary N) is 4. The highest BCUT2D eigenvalue weighted by Crippen LogP contribution is 2.09. The van der Waals surface area contributed by atoms with Crippen LogP contribution < -0.4 is 32.7 Å². The molecule has 218 valence electrons. The van der Waals surface area contributed by atoms with Gasteiger partial charge in [0.2, 0.25) is 23.6 Å². The van der Waals surface area contributed by atoms with E-state index in [-0.39, 0.29) is 31.4 Å². The van der Waals surface area contributed by atoms with Crippen LogP contribution in [0.25, 0.3) is 0 Å². The molecule has 0 bridgehead atoms. The average Bonchev–Trinajstić information content (AvgIpc) is 2.81. The summed E-state index contributed by atoms with van der Waals surface area (Å²) in [6.45, 7) is 9.69. The quantitative estimate of drug-likeness (QED) is 0.0477. The minimum Gasteiger partial charge on any atom is -0.464 e. The Hall–Kier alpha value is -3.42. The maximum absolute atomic E-state index is 13.0. The van der Waals surface area contributed by atoms with Gasteiger partial charge in [-0.05, 0) is 38.0 Å². The molecule has 0 saturated carbocycles. The first-order chi connectivity index (χ1) is 17.7. The Balaban J connectivity index is 5.44. The Morgan fingerprint density at radius 2 is 1.45 bits per heavy atom. The van der Waals surface area contributed by atoms with E-state index in [1.807, 2.05) is 13.8 Å². The number of nitrogens with zero attached hydrogens (tertiary/aromatic N) is 1. The van der Waals surface area contributed by atoms with E-state index >= 15 is 0 Å². The van der Waals surface area contributed by atoms with Crippen LogP contribution in [0.5, 0.6) is 0 Å². The van der Waals surface area contributed by atoms with Gasteiger partial charge in [0.1, 0.15) is 24.2 Å². The van der Waals surface area contributed by atoms with Crippen LogP contribution in [0.2, 0.25) is 0 Å². The van der Waals surface area contributed by atoms with Gasteiger partial charge in [0, 0.05) is 13.5 Å². The Bertz CT molecular complexity index is 829. The molecule has 0 radical (unpaired) electrons. The molecule has 0 aromatic carbocycles. The number of guanidine groups is 1. The summed E-state index contributed by atoms with van der Waals surface area (Å²) < 4.78 is 5.05. The first-order valence-corrected chi connectivity index (χ1v) is 12.7. The zero-order valence-corrected chi connectivity index (χ0v) is 23.2. The highest BCUT2D eigenvalue weighted by Gasteiger charge is 2.32. The number of carbonyl (C=O) groups excluding carboxylic acids is 5. The van der Waals surface area contributed by atoms with Crippen molar-refractivity contribution in [3.05, 3.63) is 0 Å². The molecule has 38 heavy (non-hydrogen) atoms. The lowest BCUT2D eigenvalue weighted by Crippen LogP contribution is -2.59. The third-order valence-electron chi connectivity index (χ3n) is 5.30. The largest absolute Gasteiger partial charge is 0.464 e. The maximum Gasteiger partial charge on any atom is 0.328 e. The number of carbonyl (C=O) groups is 5. The van der Waals surface area contributed by atoms with Crippen molar-refractivity contribution < 1.29 is 33.8 Å². The standard InChI is InChI=1S/C24H45N7O7/c1-7-38-23(37)17(11-13(2)3)29-22(36)19(14(4)5)31-21(35)18(12-32)30-20(34)16(28-15(6)33)9-8-10-27-24(25)26/h13-14,16-19,32H,7-12H2,1-6H3,(H,28,33)(H,29,36)(H,30,34)(H,31,35)(H4,25,26,27)/t16-,17-,18-,19-/m0/s1. The monoisotopic (exact) mass is 543 g/mol. The first kappa shape index (κ1) is 34.6. The normalized spacial score (nSPS) is 14.0. The van der Waals surface area contributed by atoms with Crippen LogP contribution in [-0.4, -0.2) is 84.6 Å². The number of aliphatic hydroxyl groups is 1. The van der Waals surface area contributed by atoms with Gasteiger partial charge in [-0.1, -0.05) is 27.7 Å². The lowest BCUT2D eigenvalue weighted by atomic mass is 10.00. The minimum absolute atomic E-state index is 0.0850. The van der Waals surface area contributed by atoms with E-state index in [1.54, 1.807) is 20.8 Å². The van der Waals surface area contributed by atoms with Gasteiger partial charge >= 0.3 is 5.97 Å². The molecule has 0 aliphatic rings. The van der Waals surface area contributed by atoms with Gasteiger partial charge in [0.25, 0.3) is 0 Å². The Morgan fingerprint density at radius 1 is 0.868 bits per heavy atom. The van der Waals surface area contributed by atoms with E-state index in [9.17, 15) is 29.1 Å². The highest BCUT2D eigenvalue weighted by atomic mass is 16.5. The number of esters is 1. The van der Waals surface area contributed by atoms with E-state index in [4.69, 9.17) is 16.2 Å². The van der Waals surface area contributed by atoms with Crippen molar-refractivity contribution in [1.82, 2.24) is 21.3 Å². The Labute approximate surface area is 224 Å².